The molecule has 1 aromatic heterocycles. The monoisotopic (exact) mass is 220 g/mol. The third-order valence-corrected chi connectivity index (χ3v) is 3.02. The molecule has 84 valence electrons. The molecule has 1 aromatic rings. The summed E-state index contributed by atoms with van der Waals surface area (Å²) in [6.45, 7) is 1.30. The number of hydrazine groups is 1. The summed E-state index contributed by atoms with van der Waals surface area (Å²) >= 11 is 0. The van der Waals surface area contributed by atoms with E-state index in [1.807, 2.05) is 17.2 Å². The maximum atomic E-state index is 11.7. The Hall–Kier alpha value is -1.75. The van der Waals surface area contributed by atoms with Crippen LogP contribution in [0, 0.1) is 5.92 Å². The molecule has 0 radical (unpaired) electrons. The Morgan fingerprint density at radius 2 is 2.56 bits per heavy atom. The van der Waals surface area contributed by atoms with E-state index in [2.05, 4.69) is 5.43 Å². The van der Waals surface area contributed by atoms with E-state index in [4.69, 9.17) is 9.15 Å². The molecule has 3 heterocycles. The Morgan fingerprint density at radius 1 is 1.69 bits per heavy atom. The van der Waals surface area contributed by atoms with Crippen LogP contribution in [0.15, 0.2) is 16.7 Å². The van der Waals surface area contributed by atoms with Crippen molar-refractivity contribution in [3.63, 3.8) is 0 Å². The Morgan fingerprint density at radius 3 is 3.38 bits per heavy atom. The highest BCUT2D eigenvalue weighted by Gasteiger charge is 2.35. The predicted molar refractivity (Wildman–Crippen MR) is 56.0 cm³/mol. The summed E-state index contributed by atoms with van der Waals surface area (Å²) < 4.78 is 10.2. The fourth-order valence-electron chi connectivity index (χ4n) is 2.27. The fraction of sp³-hybridized carbons (Fsp3) is 0.364. The topological polar surface area (TPSA) is 54.7 Å². The number of fused-ring (bicyclic) bond motifs is 2. The number of methoxy groups -OCH3 is 1. The zero-order chi connectivity index (χ0) is 11.1. The maximum absolute atomic E-state index is 11.7. The maximum Gasteiger partial charge on any atom is 0.316 e. The lowest BCUT2D eigenvalue weighted by Gasteiger charge is -2.20. The van der Waals surface area contributed by atoms with Gasteiger partial charge in [0.1, 0.15) is 11.3 Å². The third-order valence-electron chi connectivity index (χ3n) is 3.02. The fourth-order valence-corrected chi connectivity index (χ4v) is 2.27. The third kappa shape index (κ3) is 1.18. The second-order valence-corrected chi connectivity index (χ2v) is 3.84. The Balaban J connectivity index is 2.19. The van der Waals surface area contributed by atoms with E-state index in [9.17, 15) is 4.79 Å². The van der Waals surface area contributed by atoms with E-state index in [0.29, 0.717) is 13.1 Å². The average Bonchev–Trinajstić information content (AvgIpc) is 2.92. The smallest absolute Gasteiger partial charge is 0.316 e. The highest BCUT2D eigenvalue weighted by atomic mass is 16.5. The van der Waals surface area contributed by atoms with Gasteiger partial charge in [-0.1, -0.05) is 0 Å². The molecule has 0 amide bonds. The molecule has 1 N–H and O–H groups in total. The zero-order valence-corrected chi connectivity index (χ0v) is 8.90. The van der Waals surface area contributed by atoms with Gasteiger partial charge in [0.25, 0.3) is 0 Å². The van der Waals surface area contributed by atoms with Crippen molar-refractivity contribution in [2.75, 3.05) is 20.2 Å². The van der Waals surface area contributed by atoms with Crippen LogP contribution in [0.5, 0.6) is 0 Å². The van der Waals surface area contributed by atoms with Gasteiger partial charge < -0.3 is 14.2 Å². The van der Waals surface area contributed by atoms with Crippen molar-refractivity contribution in [3.05, 3.63) is 23.0 Å². The van der Waals surface area contributed by atoms with Crippen molar-refractivity contribution in [1.82, 2.24) is 10.4 Å². The molecule has 2 aliphatic rings. The second kappa shape index (κ2) is 3.38. The molecule has 1 unspecified atom stereocenters. The van der Waals surface area contributed by atoms with Crippen LogP contribution in [0.2, 0.25) is 0 Å². The van der Waals surface area contributed by atoms with Crippen molar-refractivity contribution < 1.29 is 13.9 Å². The number of esters is 1. The number of hydrogen-bond donors (Lipinski definition) is 1. The number of hydrogen-bond acceptors (Lipinski definition) is 5. The van der Waals surface area contributed by atoms with Crippen molar-refractivity contribution in [2.45, 2.75) is 0 Å². The second-order valence-electron chi connectivity index (χ2n) is 3.84. The first-order valence-corrected chi connectivity index (χ1v) is 5.18. The molecule has 16 heavy (non-hydrogen) atoms. The predicted octanol–water partition coefficient (Wildman–Crippen LogP) is -1.21. The van der Waals surface area contributed by atoms with Gasteiger partial charge in [-0.25, -0.2) is 5.43 Å². The largest absolute Gasteiger partial charge is 0.468 e. The average molecular weight is 220 g/mol. The molecule has 0 aliphatic carbocycles. The van der Waals surface area contributed by atoms with Gasteiger partial charge >= 0.3 is 5.97 Å². The minimum atomic E-state index is -0.241. The van der Waals surface area contributed by atoms with Crippen LogP contribution in [0.3, 0.4) is 0 Å². The summed E-state index contributed by atoms with van der Waals surface area (Å²) in [5.74, 6) is -0.450. The highest BCUT2D eigenvalue weighted by molar-refractivity contribution is 5.84. The number of nitrogens with one attached hydrogen (secondary N) is 1. The molecular formula is C11H12N2O3. The van der Waals surface area contributed by atoms with Crippen LogP contribution in [-0.4, -0.2) is 31.2 Å². The lowest BCUT2D eigenvalue weighted by molar-refractivity contribution is -0.142. The van der Waals surface area contributed by atoms with E-state index in [1.54, 1.807) is 6.26 Å². The first-order valence-electron chi connectivity index (χ1n) is 5.18. The number of furan rings is 1. The van der Waals surface area contributed by atoms with Crippen molar-refractivity contribution in [3.8, 4) is 0 Å². The molecule has 2 aliphatic heterocycles. The summed E-state index contributed by atoms with van der Waals surface area (Å²) in [7, 11) is 1.41. The zero-order valence-electron chi connectivity index (χ0n) is 8.90. The molecule has 3 rings (SSSR count). The molecule has 1 fully saturated rings. The summed E-state index contributed by atoms with van der Waals surface area (Å²) in [5.41, 5.74) is 4.97. The minimum Gasteiger partial charge on any atom is -0.468 e. The van der Waals surface area contributed by atoms with Crippen LogP contribution in [-0.2, 0) is 9.53 Å². The molecule has 0 spiro atoms. The minimum absolute atomic E-state index is 0.209. The molecule has 5 nitrogen and oxygen atoms in total. The molecular weight excluding hydrogens is 208 g/mol. The van der Waals surface area contributed by atoms with E-state index >= 15 is 0 Å². The van der Waals surface area contributed by atoms with E-state index < -0.39 is 0 Å². The van der Waals surface area contributed by atoms with Crippen molar-refractivity contribution >= 4 is 17.7 Å². The van der Waals surface area contributed by atoms with Gasteiger partial charge in [-0.2, -0.15) is 0 Å². The van der Waals surface area contributed by atoms with Crippen molar-refractivity contribution in [2.24, 2.45) is 5.92 Å². The first kappa shape index (κ1) is 9.47. The number of carbonyl (C=O) groups is 1. The number of nitrogens with zero attached hydrogens (tertiary/aromatic N) is 1. The number of rotatable bonds is 1. The lowest BCUT2D eigenvalue weighted by atomic mass is 10.0. The Bertz CT molecular complexity index is 546. The quantitative estimate of drug-likeness (QED) is 0.602. The molecule has 0 aromatic carbocycles. The summed E-state index contributed by atoms with van der Waals surface area (Å²) in [5, 5.41) is 2.95. The van der Waals surface area contributed by atoms with E-state index in [-0.39, 0.29) is 11.9 Å². The van der Waals surface area contributed by atoms with E-state index in [1.165, 1.54) is 7.11 Å². The first-order chi connectivity index (χ1) is 7.81. The lowest BCUT2D eigenvalue weighted by Crippen LogP contribution is -2.40. The van der Waals surface area contributed by atoms with Crippen LogP contribution in [0.25, 0.3) is 11.8 Å². The SMILES string of the molecule is COC(=O)C1CNN2CC=c3occc3=C12. The molecule has 1 saturated heterocycles. The van der Waals surface area contributed by atoms with Crippen molar-refractivity contribution in [1.29, 1.82) is 0 Å². The van der Waals surface area contributed by atoms with Gasteiger partial charge in [-0.3, -0.25) is 4.79 Å². The van der Waals surface area contributed by atoms with E-state index in [0.717, 1.165) is 16.3 Å². The normalized spacial score (nSPS) is 22.4. The van der Waals surface area contributed by atoms with Gasteiger partial charge in [0.15, 0.2) is 0 Å². The molecule has 0 saturated carbocycles. The Labute approximate surface area is 91.9 Å². The van der Waals surface area contributed by atoms with Crippen LogP contribution >= 0.6 is 0 Å². The number of carbonyl (C=O) groups excluding carboxylic acids is 1. The van der Waals surface area contributed by atoms with Gasteiger partial charge in [0.05, 0.1) is 25.6 Å². The Kier molecular flexibility index (Phi) is 2.00. The van der Waals surface area contributed by atoms with Gasteiger partial charge in [0.2, 0.25) is 0 Å². The van der Waals surface area contributed by atoms with Crippen LogP contribution in [0.1, 0.15) is 0 Å². The van der Waals surface area contributed by atoms with Gasteiger partial charge in [-0.05, 0) is 12.1 Å². The van der Waals surface area contributed by atoms with Crippen LogP contribution in [0.4, 0.5) is 0 Å². The summed E-state index contributed by atoms with van der Waals surface area (Å²) in [6.07, 6.45) is 3.63. The number of ether oxygens (including phenoxy) is 1. The molecule has 5 heteroatoms. The highest BCUT2D eigenvalue weighted by Crippen LogP contribution is 2.22. The van der Waals surface area contributed by atoms with Gasteiger partial charge in [-0.15, -0.1) is 0 Å². The van der Waals surface area contributed by atoms with Gasteiger partial charge in [0, 0.05) is 11.8 Å². The summed E-state index contributed by atoms with van der Waals surface area (Å²) in [4.78, 5) is 11.7. The standard InChI is InChI=1S/C11H12N2O3/c1-15-11(14)8-6-12-13-4-2-9-7(10(8)13)3-5-16-9/h2-3,5,8,12H,4,6H2,1H3. The molecule has 1 atom stereocenters. The van der Waals surface area contributed by atoms with Crippen LogP contribution < -0.4 is 16.1 Å². The molecule has 0 bridgehead atoms. The summed E-state index contributed by atoms with van der Waals surface area (Å²) in [6, 6.07) is 1.89.